The van der Waals surface area contributed by atoms with Crippen molar-refractivity contribution in [3.8, 4) is 11.5 Å². The molecule has 0 aliphatic rings. The first kappa shape index (κ1) is 16.1. The van der Waals surface area contributed by atoms with Crippen LogP contribution < -0.4 is 20.9 Å². The summed E-state index contributed by atoms with van der Waals surface area (Å²) in [6.07, 6.45) is 1.73. The number of benzene rings is 2. The lowest BCUT2D eigenvalue weighted by atomic mass is 10.1. The van der Waals surface area contributed by atoms with Crippen LogP contribution in [0.15, 0.2) is 36.4 Å². The third kappa shape index (κ3) is 3.75. The Morgan fingerprint density at radius 3 is 1.65 bits per heavy atom. The second kappa shape index (κ2) is 7.64. The molecule has 4 nitrogen and oxygen atoms in total. The molecule has 0 amide bonds. The molecule has 5 heteroatoms. The predicted octanol–water partition coefficient (Wildman–Crippen LogP) is 3.51. The van der Waals surface area contributed by atoms with E-state index in [2.05, 4.69) is 24.3 Å². The Hall–Kier alpha value is -1.82. The van der Waals surface area contributed by atoms with Gasteiger partial charge in [-0.1, -0.05) is 0 Å². The molecule has 0 bridgehead atoms. The predicted molar refractivity (Wildman–Crippen MR) is 97.7 cm³/mol. The van der Waals surface area contributed by atoms with E-state index >= 15 is 0 Å². The first-order valence-electron chi connectivity index (χ1n) is 7.94. The Morgan fingerprint density at radius 2 is 1.22 bits per heavy atom. The van der Waals surface area contributed by atoms with Crippen molar-refractivity contribution in [3.05, 3.63) is 36.4 Å². The standard InChI is InChI=1S/C18H22N2O2S/c19-7-1-9-21-13-3-5-17-15(11-13)16-12-14(22-10-2-8-20)4-6-18(16)23-17/h3-6,11-12H,1-2,7-10,19-20H2. The van der Waals surface area contributed by atoms with Crippen LogP contribution in [0.5, 0.6) is 11.5 Å². The van der Waals surface area contributed by atoms with Crippen LogP contribution in [0, 0.1) is 0 Å². The molecule has 1 aromatic heterocycles. The van der Waals surface area contributed by atoms with Crippen LogP contribution in [0.25, 0.3) is 20.2 Å². The molecule has 0 spiro atoms. The summed E-state index contributed by atoms with van der Waals surface area (Å²) >= 11 is 1.78. The van der Waals surface area contributed by atoms with Gasteiger partial charge in [-0.05, 0) is 62.3 Å². The van der Waals surface area contributed by atoms with E-state index in [4.69, 9.17) is 20.9 Å². The average Bonchev–Trinajstić information content (AvgIpc) is 2.93. The van der Waals surface area contributed by atoms with Crippen molar-refractivity contribution in [2.75, 3.05) is 26.3 Å². The minimum atomic E-state index is 0.646. The number of hydrogen-bond acceptors (Lipinski definition) is 5. The summed E-state index contributed by atoms with van der Waals surface area (Å²) in [5.41, 5.74) is 11.0. The van der Waals surface area contributed by atoms with Gasteiger partial charge in [0.05, 0.1) is 13.2 Å². The summed E-state index contributed by atoms with van der Waals surface area (Å²) < 4.78 is 14.0. The van der Waals surface area contributed by atoms with E-state index in [1.54, 1.807) is 11.3 Å². The molecule has 23 heavy (non-hydrogen) atoms. The largest absolute Gasteiger partial charge is 0.494 e. The fraction of sp³-hybridized carbons (Fsp3) is 0.333. The number of hydrogen-bond donors (Lipinski definition) is 2. The van der Waals surface area contributed by atoms with E-state index < -0.39 is 0 Å². The minimum Gasteiger partial charge on any atom is -0.494 e. The quantitative estimate of drug-likeness (QED) is 0.620. The molecule has 0 atom stereocenters. The van der Waals surface area contributed by atoms with Gasteiger partial charge in [-0.25, -0.2) is 0 Å². The van der Waals surface area contributed by atoms with Crippen molar-refractivity contribution in [2.45, 2.75) is 12.8 Å². The molecule has 122 valence electrons. The van der Waals surface area contributed by atoms with Gasteiger partial charge < -0.3 is 20.9 Å². The van der Waals surface area contributed by atoms with E-state index in [1.807, 2.05) is 12.1 Å². The Labute approximate surface area is 140 Å². The lowest BCUT2D eigenvalue weighted by molar-refractivity contribution is 0.313. The van der Waals surface area contributed by atoms with Gasteiger partial charge in [0.15, 0.2) is 0 Å². The lowest BCUT2D eigenvalue weighted by Gasteiger charge is -2.06. The minimum absolute atomic E-state index is 0.646. The van der Waals surface area contributed by atoms with Gasteiger partial charge in [0.25, 0.3) is 0 Å². The van der Waals surface area contributed by atoms with Gasteiger partial charge in [-0.3, -0.25) is 0 Å². The molecular weight excluding hydrogens is 308 g/mol. The molecule has 0 aliphatic heterocycles. The van der Waals surface area contributed by atoms with Crippen LogP contribution in [-0.2, 0) is 0 Å². The molecule has 0 unspecified atom stereocenters. The summed E-state index contributed by atoms with van der Waals surface area (Å²) in [6, 6.07) is 12.5. The molecule has 0 saturated carbocycles. The maximum atomic E-state index is 5.76. The highest BCUT2D eigenvalue weighted by atomic mass is 32.1. The number of fused-ring (bicyclic) bond motifs is 3. The van der Waals surface area contributed by atoms with Crippen LogP contribution in [0.1, 0.15) is 12.8 Å². The van der Waals surface area contributed by atoms with Crippen molar-refractivity contribution < 1.29 is 9.47 Å². The van der Waals surface area contributed by atoms with Gasteiger partial charge in [-0.15, -0.1) is 11.3 Å². The normalized spacial score (nSPS) is 11.2. The van der Waals surface area contributed by atoms with Crippen molar-refractivity contribution in [3.63, 3.8) is 0 Å². The van der Waals surface area contributed by atoms with Gasteiger partial charge in [0.1, 0.15) is 11.5 Å². The maximum Gasteiger partial charge on any atom is 0.120 e. The Bertz CT molecular complexity index is 721. The molecule has 3 aromatic rings. The fourth-order valence-corrected chi connectivity index (χ4v) is 3.53. The van der Waals surface area contributed by atoms with Crippen molar-refractivity contribution in [2.24, 2.45) is 11.5 Å². The van der Waals surface area contributed by atoms with Crippen LogP contribution in [0.3, 0.4) is 0 Å². The molecule has 0 fully saturated rings. The average molecular weight is 330 g/mol. The van der Waals surface area contributed by atoms with Crippen LogP contribution in [-0.4, -0.2) is 26.3 Å². The molecule has 0 aliphatic carbocycles. The number of ether oxygens (including phenoxy) is 2. The summed E-state index contributed by atoms with van der Waals surface area (Å²) in [5.74, 6) is 1.78. The molecular formula is C18H22N2O2S. The second-order valence-electron chi connectivity index (χ2n) is 5.40. The second-order valence-corrected chi connectivity index (χ2v) is 6.48. The Balaban J connectivity index is 1.89. The van der Waals surface area contributed by atoms with E-state index in [-0.39, 0.29) is 0 Å². The Kier molecular flexibility index (Phi) is 5.33. The van der Waals surface area contributed by atoms with Gasteiger partial charge in [-0.2, -0.15) is 0 Å². The number of thiophene rings is 1. The molecule has 3 rings (SSSR count). The highest BCUT2D eigenvalue weighted by molar-refractivity contribution is 7.25. The van der Waals surface area contributed by atoms with Gasteiger partial charge >= 0.3 is 0 Å². The third-order valence-electron chi connectivity index (χ3n) is 3.65. The van der Waals surface area contributed by atoms with Crippen molar-refractivity contribution in [1.82, 2.24) is 0 Å². The Morgan fingerprint density at radius 1 is 0.739 bits per heavy atom. The highest BCUT2D eigenvalue weighted by Crippen LogP contribution is 2.37. The fourth-order valence-electron chi connectivity index (χ4n) is 2.46. The monoisotopic (exact) mass is 330 g/mol. The van der Waals surface area contributed by atoms with Crippen LogP contribution >= 0.6 is 11.3 Å². The SMILES string of the molecule is NCCCOc1ccc2sc3ccc(OCCCN)cc3c2c1. The van der Waals surface area contributed by atoms with E-state index in [0.717, 1.165) is 24.3 Å². The van der Waals surface area contributed by atoms with E-state index in [0.29, 0.717) is 26.3 Å². The zero-order valence-electron chi connectivity index (χ0n) is 13.1. The molecule has 2 aromatic carbocycles. The number of nitrogens with two attached hydrogens (primary N) is 2. The topological polar surface area (TPSA) is 70.5 Å². The molecule has 0 saturated heterocycles. The van der Waals surface area contributed by atoms with Gasteiger partial charge in [0, 0.05) is 20.2 Å². The summed E-state index contributed by atoms with van der Waals surface area (Å²) in [7, 11) is 0. The van der Waals surface area contributed by atoms with E-state index in [9.17, 15) is 0 Å². The molecule has 4 N–H and O–H groups in total. The molecule has 0 radical (unpaired) electrons. The summed E-state index contributed by atoms with van der Waals surface area (Å²) in [4.78, 5) is 0. The molecule has 1 heterocycles. The van der Waals surface area contributed by atoms with Crippen LogP contribution in [0.2, 0.25) is 0 Å². The summed E-state index contributed by atoms with van der Waals surface area (Å²) in [5, 5.41) is 2.42. The highest BCUT2D eigenvalue weighted by Gasteiger charge is 2.08. The first-order valence-corrected chi connectivity index (χ1v) is 8.75. The zero-order chi connectivity index (χ0) is 16.1. The smallest absolute Gasteiger partial charge is 0.120 e. The number of rotatable bonds is 8. The van der Waals surface area contributed by atoms with Crippen molar-refractivity contribution in [1.29, 1.82) is 0 Å². The van der Waals surface area contributed by atoms with Crippen molar-refractivity contribution >= 4 is 31.5 Å². The van der Waals surface area contributed by atoms with Crippen LogP contribution in [0.4, 0.5) is 0 Å². The zero-order valence-corrected chi connectivity index (χ0v) is 13.9. The lowest BCUT2D eigenvalue weighted by Crippen LogP contribution is -2.06. The van der Waals surface area contributed by atoms with Gasteiger partial charge in [0.2, 0.25) is 0 Å². The maximum absolute atomic E-state index is 5.76. The third-order valence-corrected chi connectivity index (χ3v) is 4.80. The first-order chi connectivity index (χ1) is 11.3. The van der Waals surface area contributed by atoms with E-state index in [1.165, 1.54) is 20.2 Å². The summed E-state index contributed by atoms with van der Waals surface area (Å²) in [6.45, 7) is 2.59.